The molecule has 2 aromatic carbocycles. The molecule has 1 N–H and O–H groups in total. The fraction of sp³-hybridized carbons (Fsp3) is 0.458. The predicted molar refractivity (Wildman–Crippen MR) is 121 cm³/mol. The van der Waals surface area contributed by atoms with Gasteiger partial charge in [-0.05, 0) is 48.9 Å². The van der Waals surface area contributed by atoms with E-state index in [4.69, 9.17) is 4.74 Å². The quantitative estimate of drug-likeness (QED) is 0.746. The number of carbonyl (C=O) groups excluding carboxylic acids is 1. The van der Waals surface area contributed by atoms with Crippen molar-refractivity contribution < 1.29 is 17.9 Å². The van der Waals surface area contributed by atoms with Crippen LogP contribution < -0.4 is 10.1 Å². The molecule has 0 saturated carbocycles. The minimum atomic E-state index is -3.22. The van der Waals surface area contributed by atoms with Crippen molar-refractivity contribution in [1.82, 2.24) is 9.62 Å². The number of rotatable bonds is 6. The minimum Gasteiger partial charge on any atom is -0.496 e. The van der Waals surface area contributed by atoms with Gasteiger partial charge in [0.2, 0.25) is 10.0 Å². The summed E-state index contributed by atoms with van der Waals surface area (Å²) in [5.41, 5.74) is 2.73. The average Bonchev–Trinajstić information content (AvgIpc) is 3.06. The number of benzene rings is 2. The Bertz CT molecular complexity index is 1060. The molecule has 1 heterocycles. The zero-order chi connectivity index (χ0) is 22.1. The first-order chi connectivity index (χ1) is 14.9. The summed E-state index contributed by atoms with van der Waals surface area (Å²) < 4.78 is 32.2. The Morgan fingerprint density at radius 2 is 1.81 bits per heavy atom. The van der Waals surface area contributed by atoms with Crippen molar-refractivity contribution >= 4 is 15.9 Å². The third-order valence-electron chi connectivity index (χ3n) is 6.77. The van der Waals surface area contributed by atoms with Gasteiger partial charge in [-0.1, -0.05) is 43.3 Å². The molecule has 4 rings (SSSR count). The van der Waals surface area contributed by atoms with Gasteiger partial charge < -0.3 is 10.1 Å². The van der Waals surface area contributed by atoms with Gasteiger partial charge in [-0.2, -0.15) is 0 Å². The Kier molecular flexibility index (Phi) is 6.08. The topological polar surface area (TPSA) is 75.7 Å². The van der Waals surface area contributed by atoms with Crippen molar-refractivity contribution in [2.75, 3.05) is 26.0 Å². The number of methoxy groups -OCH3 is 1. The van der Waals surface area contributed by atoms with Crippen LogP contribution in [0.5, 0.6) is 5.75 Å². The van der Waals surface area contributed by atoms with Crippen LogP contribution in [-0.2, 0) is 21.9 Å². The number of nitrogens with one attached hydrogen (secondary N) is 1. The highest BCUT2D eigenvalue weighted by molar-refractivity contribution is 7.89. The summed E-state index contributed by atoms with van der Waals surface area (Å²) in [4.78, 5) is 13.2. The largest absolute Gasteiger partial charge is 0.496 e. The molecule has 31 heavy (non-hydrogen) atoms. The van der Waals surface area contributed by atoms with Gasteiger partial charge in [0, 0.05) is 24.5 Å². The van der Waals surface area contributed by atoms with Gasteiger partial charge in [0.1, 0.15) is 5.75 Å². The highest BCUT2D eigenvalue weighted by Gasteiger charge is 2.50. The number of sulfonamides is 1. The second kappa shape index (κ2) is 8.63. The number of ether oxygens (including phenoxy) is 1. The second-order valence-electron chi connectivity index (χ2n) is 8.46. The normalized spacial score (nSPS) is 20.4. The first kappa shape index (κ1) is 21.8. The summed E-state index contributed by atoms with van der Waals surface area (Å²) in [5, 5.41) is 3.27. The molecule has 1 unspecified atom stereocenters. The number of piperidine rings is 1. The molecular weight excluding hydrogens is 412 g/mol. The number of amides is 1. The van der Waals surface area contributed by atoms with E-state index < -0.39 is 10.0 Å². The maximum absolute atomic E-state index is 13.2. The maximum Gasteiger partial charge on any atom is 0.255 e. The van der Waals surface area contributed by atoms with Gasteiger partial charge in [-0.3, -0.25) is 4.79 Å². The molecule has 2 aromatic rings. The van der Waals surface area contributed by atoms with Crippen molar-refractivity contribution in [3.05, 3.63) is 65.2 Å². The Labute approximate surface area is 184 Å². The highest BCUT2D eigenvalue weighted by Crippen LogP contribution is 2.47. The molecule has 1 aliphatic carbocycles. The number of fused-ring (bicyclic) bond motifs is 2. The summed E-state index contributed by atoms with van der Waals surface area (Å²) in [6.45, 7) is 2.86. The lowest BCUT2D eigenvalue weighted by molar-refractivity contribution is 0.0893. The fourth-order valence-corrected chi connectivity index (χ4v) is 6.73. The van der Waals surface area contributed by atoms with Gasteiger partial charge in [0.25, 0.3) is 5.91 Å². The van der Waals surface area contributed by atoms with Crippen LogP contribution >= 0.6 is 0 Å². The summed E-state index contributed by atoms with van der Waals surface area (Å²) in [7, 11) is -1.66. The number of para-hydroxylation sites is 1. The number of nitrogens with zero attached hydrogens (tertiary/aromatic N) is 1. The molecule has 7 heteroatoms. The summed E-state index contributed by atoms with van der Waals surface area (Å²) >= 11 is 0. The molecule has 2 aliphatic rings. The molecule has 0 bridgehead atoms. The lowest BCUT2D eigenvalue weighted by atomic mass is 9.71. The van der Waals surface area contributed by atoms with E-state index in [9.17, 15) is 13.2 Å². The molecule has 1 aliphatic heterocycles. The number of carbonyl (C=O) groups is 1. The second-order valence-corrected chi connectivity index (χ2v) is 10.5. The Hall–Kier alpha value is -2.38. The first-order valence-corrected chi connectivity index (χ1v) is 12.5. The van der Waals surface area contributed by atoms with Crippen LogP contribution in [0.3, 0.4) is 0 Å². The Morgan fingerprint density at radius 3 is 2.52 bits per heavy atom. The van der Waals surface area contributed by atoms with Gasteiger partial charge in [-0.15, -0.1) is 0 Å². The van der Waals surface area contributed by atoms with E-state index in [0.29, 0.717) is 43.7 Å². The molecular formula is C24H30N2O4S. The zero-order valence-electron chi connectivity index (χ0n) is 18.1. The number of hydrogen-bond acceptors (Lipinski definition) is 4. The summed E-state index contributed by atoms with van der Waals surface area (Å²) in [6.07, 6.45) is 2.76. The zero-order valence-corrected chi connectivity index (χ0v) is 19.0. The fourth-order valence-electron chi connectivity index (χ4n) is 5.21. The van der Waals surface area contributed by atoms with Crippen LogP contribution in [0.1, 0.15) is 47.7 Å². The summed E-state index contributed by atoms with van der Waals surface area (Å²) in [6, 6.07) is 15.4. The van der Waals surface area contributed by atoms with E-state index in [1.54, 1.807) is 23.5 Å². The monoisotopic (exact) mass is 442 g/mol. The highest BCUT2D eigenvalue weighted by atomic mass is 32.2. The summed E-state index contributed by atoms with van der Waals surface area (Å²) in [5.74, 6) is 0.575. The molecule has 1 saturated heterocycles. The Morgan fingerprint density at radius 1 is 1.13 bits per heavy atom. The SMILES string of the molecule is CCCS(=O)(=O)N1CCC2(CC1)c1ccccc1CC2NC(=O)c1ccccc1OC. The van der Waals surface area contributed by atoms with Gasteiger partial charge in [0.15, 0.2) is 0 Å². The van der Waals surface area contributed by atoms with Crippen LogP contribution in [-0.4, -0.2) is 50.6 Å². The van der Waals surface area contributed by atoms with Crippen molar-refractivity contribution in [3.63, 3.8) is 0 Å². The van der Waals surface area contributed by atoms with E-state index >= 15 is 0 Å². The van der Waals surface area contributed by atoms with Crippen LogP contribution in [0.2, 0.25) is 0 Å². The molecule has 166 valence electrons. The van der Waals surface area contributed by atoms with Crippen molar-refractivity contribution in [1.29, 1.82) is 0 Å². The van der Waals surface area contributed by atoms with Crippen molar-refractivity contribution in [2.24, 2.45) is 0 Å². The number of hydrogen-bond donors (Lipinski definition) is 1. The maximum atomic E-state index is 13.2. The third kappa shape index (κ3) is 3.96. The lowest BCUT2D eigenvalue weighted by Crippen LogP contribution is -2.54. The van der Waals surface area contributed by atoms with Crippen LogP contribution in [0.25, 0.3) is 0 Å². The molecule has 1 fully saturated rings. The predicted octanol–water partition coefficient (Wildman–Crippen LogP) is 3.12. The first-order valence-electron chi connectivity index (χ1n) is 10.9. The van der Waals surface area contributed by atoms with Gasteiger partial charge >= 0.3 is 0 Å². The van der Waals surface area contributed by atoms with E-state index in [1.807, 2.05) is 31.2 Å². The molecule has 0 radical (unpaired) electrons. The van der Waals surface area contributed by atoms with Crippen LogP contribution in [0.15, 0.2) is 48.5 Å². The molecule has 1 atom stereocenters. The lowest BCUT2D eigenvalue weighted by Gasteiger charge is -2.43. The van der Waals surface area contributed by atoms with E-state index in [1.165, 1.54) is 11.1 Å². The minimum absolute atomic E-state index is 0.0849. The molecule has 6 nitrogen and oxygen atoms in total. The smallest absolute Gasteiger partial charge is 0.255 e. The van der Waals surface area contributed by atoms with Crippen molar-refractivity contribution in [2.45, 2.75) is 44.1 Å². The Balaban J connectivity index is 1.61. The van der Waals surface area contributed by atoms with Gasteiger partial charge in [0.05, 0.1) is 18.4 Å². The molecule has 1 amide bonds. The molecule has 0 aromatic heterocycles. The third-order valence-corrected chi connectivity index (χ3v) is 8.85. The standard InChI is InChI=1S/C24H30N2O4S/c1-3-16-31(28,29)26-14-12-24(13-15-26)20-10-6-4-8-18(20)17-22(24)25-23(27)19-9-5-7-11-21(19)30-2/h4-11,22H,3,12-17H2,1-2H3,(H,25,27). The van der Waals surface area contributed by atoms with Crippen LogP contribution in [0, 0.1) is 0 Å². The molecule has 1 spiro atoms. The van der Waals surface area contributed by atoms with E-state index in [0.717, 1.165) is 6.42 Å². The average molecular weight is 443 g/mol. The van der Waals surface area contributed by atoms with E-state index in [-0.39, 0.29) is 23.1 Å². The van der Waals surface area contributed by atoms with E-state index in [2.05, 4.69) is 17.4 Å². The van der Waals surface area contributed by atoms with Crippen LogP contribution in [0.4, 0.5) is 0 Å². The van der Waals surface area contributed by atoms with Gasteiger partial charge in [-0.25, -0.2) is 12.7 Å². The van der Waals surface area contributed by atoms with Crippen molar-refractivity contribution in [3.8, 4) is 5.75 Å².